The maximum Gasteiger partial charge on any atom is 0.511 e. The van der Waals surface area contributed by atoms with Gasteiger partial charge in [-0.25, -0.2) is 9.18 Å². The Bertz CT molecular complexity index is 1450. The van der Waals surface area contributed by atoms with Crippen LogP contribution in [0.5, 0.6) is 23.0 Å². The predicted octanol–water partition coefficient (Wildman–Crippen LogP) is 4.36. The van der Waals surface area contributed by atoms with E-state index in [1.165, 1.54) is 27.5 Å². The van der Waals surface area contributed by atoms with Gasteiger partial charge in [-0.05, 0) is 36.6 Å². The molecule has 38 heavy (non-hydrogen) atoms. The number of nitrogens with one attached hydrogen (secondary N) is 1. The van der Waals surface area contributed by atoms with Crippen LogP contribution in [0.3, 0.4) is 0 Å². The number of nitrogens with zero attached hydrogens (tertiary/aromatic N) is 2. The Balaban J connectivity index is 1.58. The van der Waals surface area contributed by atoms with Crippen LogP contribution in [-0.2, 0) is 0 Å². The molecule has 1 atom stereocenters. The smallest absolute Gasteiger partial charge is 0.493 e. The van der Waals surface area contributed by atoms with E-state index in [1.807, 2.05) is 17.0 Å². The summed E-state index contributed by atoms with van der Waals surface area (Å²) in [6.07, 6.45) is 1.38. The number of rotatable bonds is 7. The summed E-state index contributed by atoms with van der Waals surface area (Å²) >= 11 is 6.84. The molecule has 0 spiro atoms. The average Bonchev–Trinajstić information content (AvgIpc) is 3.75. The predicted molar refractivity (Wildman–Crippen MR) is 139 cm³/mol. The van der Waals surface area contributed by atoms with E-state index in [0.29, 0.717) is 42.4 Å². The normalized spacial score (nSPS) is 17.4. The molecule has 10 nitrogen and oxygen atoms in total. The number of ether oxygens (including phenoxy) is 4. The summed E-state index contributed by atoms with van der Waals surface area (Å²) in [4.78, 5) is 25.9. The summed E-state index contributed by atoms with van der Waals surface area (Å²) in [7, 11) is 4.61. The second kappa shape index (κ2) is 10.2. The van der Waals surface area contributed by atoms with Crippen molar-refractivity contribution >= 4 is 34.3 Å². The lowest BCUT2D eigenvalue weighted by Gasteiger charge is -2.36. The molecule has 2 aliphatic rings. The summed E-state index contributed by atoms with van der Waals surface area (Å²) in [6.45, 7) is 1.38. The molecule has 1 unspecified atom stereocenters. The van der Waals surface area contributed by atoms with E-state index in [0.717, 1.165) is 24.5 Å². The number of piperazine rings is 1. The molecule has 1 saturated heterocycles. The van der Waals surface area contributed by atoms with Gasteiger partial charge < -0.3 is 38.8 Å². The van der Waals surface area contributed by atoms with E-state index in [2.05, 4.69) is 10.1 Å². The zero-order valence-corrected chi connectivity index (χ0v) is 21.8. The molecule has 1 aromatic heterocycles. The van der Waals surface area contributed by atoms with Crippen molar-refractivity contribution in [3.05, 3.63) is 51.0 Å². The molecule has 12 heteroatoms. The summed E-state index contributed by atoms with van der Waals surface area (Å²) in [5.41, 5.74) is 0.657. The van der Waals surface area contributed by atoms with E-state index in [1.54, 1.807) is 4.57 Å². The molecule has 1 aliphatic heterocycles. The lowest BCUT2D eigenvalue weighted by Crippen LogP contribution is -2.46. The molecule has 0 bridgehead atoms. The molecule has 2 N–H and O–H groups in total. The van der Waals surface area contributed by atoms with Crippen molar-refractivity contribution in [3.8, 4) is 23.0 Å². The van der Waals surface area contributed by atoms with Crippen molar-refractivity contribution in [2.45, 2.75) is 24.9 Å². The van der Waals surface area contributed by atoms with Gasteiger partial charge in [0, 0.05) is 25.7 Å². The number of halogens is 2. The van der Waals surface area contributed by atoms with Gasteiger partial charge in [-0.2, -0.15) is 0 Å². The third-order valence-corrected chi connectivity index (χ3v) is 7.23. The molecule has 2 fully saturated rings. The molecule has 2 heterocycles. The molecule has 1 saturated carbocycles. The topological polar surface area (TPSA) is 111 Å². The second-order valence-electron chi connectivity index (χ2n) is 9.16. The van der Waals surface area contributed by atoms with Crippen molar-refractivity contribution in [2.24, 2.45) is 0 Å². The number of benzene rings is 2. The van der Waals surface area contributed by atoms with Crippen LogP contribution in [0.25, 0.3) is 10.9 Å². The minimum atomic E-state index is -1.62. The lowest BCUT2D eigenvalue weighted by atomic mass is 10.0. The van der Waals surface area contributed by atoms with Gasteiger partial charge in [0.15, 0.2) is 17.2 Å². The standard InChI is InChI=1S/C26H27ClFN3O7/c1-35-18-8-13(9-19(36-2)25(18)37-3)17-11-30(7-6-29-17)23-16(28)10-15-22(21(23)27)31(14-4-5-14)12-20(24(15)32)38-26(33)34/h8-10,12,14,17,29H,4-7,11H2,1-3H3,(H,33,34). The minimum absolute atomic E-state index is 0.0139. The zero-order valence-electron chi connectivity index (χ0n) is 21.0. The van der Waals surface area contributed by atoms with Gasteiger partial charge >= 0.3 is 6.16 Å². The van der Waals surface area contributed by atoms with Gasteiger partial charge in [0.25, 0.3) is 0 Å². The quantitative estimate of drug-likeness (QED) is 0.417. The Morgan fingerprint density at radius 3 is 2.37 bits per heavy atom. The highest BCUT2D eigenvalue weighted by molar-refractivity contribution is 6.38. The minimum Gasteiger partial charge on any atom is -0.493 e. The highest BCUT2D eigenvalue weighted by atomic mass is 35.5. The van der Waals surface area contributed by atoms with E-state index in [4.69, 9.17) is 30.9 Å². The third kappa shape index (κ3) is 4.56. The highest BCUT2D eigenvalue weighted by Crippen LogP contribution is 2.44. The average molecular weight is 548 g/mol. The van der Waals surface area contributed by atoms with Crippen LogP contribution in [0.4, 0.5) is 14.9 Å². The highest BCUT2D eigenvalue weighted by Gasteiger charge is 2.32. The number of fused-ring (bicyclic) bond motifs is 1. The van der Waals surface area contributed by atoms with Gasteiger partial charge in [-0.15, -0.1) is 0 Å². The van der Waals surface area contributed by atoms with Gasteiger partial charge in [-0.3, -0.25) is 4.79 Å². The monoisotopic (exact) mass is 547 g/mol. The molecular weight excluding hydrogens is 521 g/mol. The number of carboxylic acid groups (broad SMARTS) is 1. The summed E-state index contributed by atoms with van der Waals surface area (Å²) in [6, 6.07) is 4.59. The number of carbonyl (C=O) groups is 1. The Labute approximate surface area is 222 Å². The molecular formula is C26H27ClFN3O7. The van der Waals surface area contributed by atoms with E-state index in [-0.39, 0.29) is 33.9 Å². The summed E-state index contributed by atoms with van der Waals surface area (Å²) < 4.78 is 38.4. The largest absolute Gasteiger partial charge is 0.511 e. The zero-order chi connectivity index (χ0) is 27.1. The molecule has 202 valence electrons. The van der Waals surface area contributed by atoms with Crippen LogP contribution < -0.4 is 34.6 Å². The van der Waals surface area contributed by atoms with E-state index >= 15 is 4.39 Å². The second-order valence-corrected chi connectivity index (χ2v) is 9.54. The van der Waals surface area contributed by atoms with Crippen LogP contribution in [0.15, 0.2) is 29.2 Å². The fraction of sp³-hybridized carbons (Fsp3) is 0.385. The van der Waals surface area contributed by atoms with E-state index < -0.39 is 17.4 Å². The fourth-order valence-electron chi connectivity index (χ4n) is 4.98. The van der Waals surface area contributed by atoms with Crippen LogP contribution in [0, 0.1) is 5.82 Å². The first-order valence-electron chi connectivity index (χ1n) is 12.0. The van der Waals surface area contributed by atoms with Gasteiger partial charge in [0.1, 0.15) is 5.82 Å². The van der Waals surface area contributed by atoms with Crippen molar-refractivity contribution in [2.75, 3.05) is 45.9 Å². The van der Waals surface area contributed by atoms with Crippen LogP contribution in [-0.4, -0.2) is 56.8 Å². The molecule has 2 aromatic carbocycles. The first-order valence-corrected chi connectivity index (χ1v) is 12.4. The number of anilines is 1. The number of methoxy groups -OCH3 is 3. The SMILES string of the molecule is COc1cc(C2CN(c3c(F)cc4c(=O)c(OC(=O)O)cn(C5CC5)c4c3Cl)CCN2)cc(OC)c1OC. The Morgan fingerprint density at radius 2 is 1.79 bits per heavy atom. The Morgan fingerprint density at radius 1 is 1.11 bits per heavy atom. The van der Waals surface area contributed by atoms with Gasteiger partial charge in [-0.1, -0.05) is 11.6 Å². The first-order chi connectivity index (χ1) is 18.3. The van der Waals surface area contributed by atoms with Crippen LogP contribution >= 0.6 is 11.6 Å². The van der Waals surface area contributed by atoms with Crippen molar-refractivity contribution in [1.29, 1.82) is 0 Å². The van der Waals surface area contributed by atoms with E-state index in [9.17, 15) is 9.59 Å². The molecule has 5 rings (SSSR count). The molecule has 1 aliphatic carbocycles. The fourth-order valence-corrected chi connectivity index (χ4v) is 5.39. The summed E-state index contributed by atoms with van der Waals surface area (Å²) in [5, 5.41) is 12.5. The third-order valence-electron chi connectivity index (χ3n) is 6.87. The number of aromatic nitrogens is 1. The maximum atomic E-state index is 15.6. The molecule has 3 aromatic rings. The lowest BCUT2D eigenvalue weighted by molar-refractivity contribution is 0.143. The number of pyridine rings is 1. The first kappa shape index (κ1) is 25.9. The molecule has 0 radical (unpaired) electrons. The Hall–Kier alpha value is -3.70. The van der Waals surface area contributed by atoms with Crippen molar-refractivity contribution in [3.63, 3.8) is 0 Å². The number of hydrogen-bond donors (Lipinski definition) is 2. The maximum absolute atomic E-state index is 15.6. The van der Waals surface area contributed by atoms with Gasteiger partial charge in [0.2, 0.25) is 11.2 Å². The summed E-state index contributed by atoms with van der Waals surface area (Å²) in [5.74, 6) is 0.413. The van der Waals surface area contributed by atoms with Crippen molar-refractivity contribution in [1.82, 2.24) is 9.88 Å². The molecule has 0 amide bonds. The van der Waals surface area contributed by atoms with Gasteiger partial charge in [0.05, 0.1) is 55.2 Å². The van der Waals surface area contributed by atoms with Crippen LogP contribution in [0.2, 0.25) is 5.02 Å². The number of hydrogen-bond acceptors (Lipinski definition) is 8. The Kier molecular flexibility index (Phi) is 6.97. The van der Waals surface area contributed by atoms with Crippen molar-refractivity contribution < 1.29 is 33.2 Å². The van der Waals surface area contributed by atoms with Crippen LogP contribution in [0.1, 0.15) is 30.5 Å².